The van der Waals surface area contributed by atoms with Crippen LogP contribution < -0.4 is 0 Å². The van der Waals surface area contributed by atoms with E-state index in [2.05, 4.69) is 13.8 Å². The normalized spacial score (nSPS) is 27.7. The van der Waals surface area contributed by atoms with Crippen molar-refractivity contribution in [3.63, 3.8) is 0 Å². The predicted molar refractivity (Wildman–Crippen MR) is 117 cm³/mol. The summed E-state index contributed by atoms with van der Waals surface area (Å²) in [5.41, 5.74) is 1.10. The summed E-state index contributed by atoms with van der Waals surface area (Å²) in [6.07, 6.45) is 1.27. The minimum Gasteiger partial charge on any atom is -0.338 e. The number of hydrogen-bond acceptors (Lipinski definition) is 5. The second kappa shape index (κ2) is 7.84. The molecule has 3 aliphatic heterocycles. The van der Waals surface area contributed by atoms with Crippen LogP contribution in [0.25, 0.3) is 0 Å². The Labute approximate surface area is 182 Å². The van der Waals surface area contributed by atoms with Gasteiger partial charge in [-0.3, -0.25) is 9.59 Å². The number of rotatable bonds is 4. The molecule has 2 amide bonds. The van der Waals surface area contributed by atoms with Crippen LogP contribution in [0, 0.1) is 0 Å². The van der Waals surface area contributed by atoms with Crippen molar-refractivity contribution in [3.05, 3.63) is 29.8 Å². The van der Waals surface area contributed by atoms with Gasteiger partial charge in [0.2, 0.25) is 21.8 Å². The highest BCUT2D eigenvalue weighted by atomic mass is 32.2. The zero-order valence-electron chi connectivity index (χ0n) is 17.7. The number of piperazine rings is 1. The number of carbonyl (C=O) groups excluding carboxylic acids is 2. The Morgan fingerprint density at radius 3 is 2.37 bits per heavy atom. The molecule has 0 N–H and O–H groups in total. The van der Waals surface area contributed by atoms with Crippen LogP contribution in [0.15, 0.2) is 29.2 Å². The first-order chi connectivity index (χ1) is 14.1. The molecule has 0 saturated carbocycles. The molecular weight excluding hydrogens is 422 g/mol. The largest absolute Gasteiger partial charge is 0.338 e. The molecule has 1 aromatic carbocycles. The molecule has 0 unspecified atom stereocenters. The van der Waals surface area contributed by atoms with Crippen molar-refractivity contribution in [2.75, 3.05) is 31.9 Å². The summed E-state index contributed by atoms with van der Waals surface area (Å²) in [5.74, 6) is 0.947. The fourth-order valence-electron chi connectivity index (χ4n) is 4.54. The standard InChI is InChI=1S/C21H29N3O4S2/c1-15(2)16-4-6-17(7-5-16)30(27,28)23-12-10-22(11-13-23)20(26)18-14-29-21(3)9-8-19(25)24(18)21/h4-7,15,18H,8-14H2,1-3H3/t18-,21+/m1/s1. The molecule has 0 aliphatic carbocycles. The van der Waals surface area contributed by atoms with Crippen molar-refractivity contribution in [1.82, 2.24) is 14.1 Å². The van der Waals surface area contributed by atoms with Crippen LogP contribution in [0.2, 0.25) is 0 Å². The summed E-state index contributed by atoms with van der Waals surface area (Å²) < 4.78 is 27.5. The first-order valence-corrected chi connectivity index (χ1v) is 12.9. The Balaban J connectivity index is 1.41. The molecule has 164 valence electrons. The number of nitrogens with zero attached hydrogens (tertiary/aromatic N) is 3. The van der Waals surface area contributed by atoms with E-state index in [4.69, 9.17) is 0 Å². The number of thioether (sulfide) groups is 1. The van der Waals surface area contributed by atoms with Crippen LogP contribution in [-0.4, -0.2) is 77.2 Å². The topological polar surface area (TPSA) is 78.0 Å². The number of hydrogen-bond donors (Lipinski definition) is 0. The Morgan fingerprint density at radius 1 is 1.13 bits per heavy atom. The third-order valence-electron chi connectivity index (χ3n) is 6.46. The highest BCUT2D eigenvalue weighted by Crippen LogP contribution is 2.47. The smallest absolute Gasteiger partial charge is 0.246 e. The van der Waals surface area contributed by atoms with Crippen molar-refractivity contribution in [1.29, 1.82) is 0 Å². The van der Waals surface area contributed by atoms with E-state index < -0.39 is 16.1 Å². The number of fused-ring (bicyclic) bond motifs is 1. The van der Waals surface area contributed by atoms with E-state index in [9.17, 15) is 18.0 Å². The summed E-state index contributed by atoms with van der Waals surface area (Å²) in [4.78, 5) is 28.9. The number of amides is 2. The van der Waals surface area contributed by atoms with Gasteiger partial charge in [0.1, 0.15) is 6.04 Å². The molecule has 30 heavy (non-hydrogen) atoms. The van der Waals surface area contributed by atoms with E-state index in [1.165, 1.54) is 4.31 Å². The van der Waals surface area contributed by atoms with E-state index in [1.807, 2.05) is 19.1 Å². The van der Waals surface area contributed by atoms with Crippen LogP contribution in [0.5, 0.6) is 0 Å². The van der Waals surface area contributed by atoms with Crippen LogP contribution in [0.4, 0.5) is 0 Å². The van der Waals surface area contributed by atoms with Gasteiger partial charge in [0.15, 0.2) is 0 Å². The molecule has 3 heterocycles. The lowest BCUT2D eigenvalue weighted by Crippen LogP contribution is -2.56. The molecule has 1 aromatic rings. The lowest BCUT2D eigenvalue weighted by atomic mass is 10.0. The Morgan fingerprint density at radius 2 is 1.77 bits per heavy atom. The molecule has 0 bridgehead atoms. The van der Waals surface area contributed by atoms with Gasteiger partial charge in [-0.25, -0.2) is 8.42 Å². The lowest BCUT2D eigenvalue weighted by molar-refractivity contribution is -0.144. The lowest BCUT2D eigenvalue weighted by Gasteiger charge is -2.37. The van der Waals surface area contributed by atoms with E-state index in [0.29, 0.717) is 31.2 Å². The van der Waals surface area contributed by atoms with Crippen LogP contribution >= 0.6 is 11.8 Å². The first kappa shape index (κ1) is 21.6. The minimum absolute atomic E-state index is 0.0481. The van der Waals surface area contributed by atoms with Gasteiger partial charge in [-0.05, 0) is 37.0 Å². The second-order valence-corrected chi connectivity index (χ2v) is 12.2. The third-order valence-corrected chi connectivity index (χ3v) is 9.88. The summed E-state index contributed by atoms with van der Waals surface area (Å²) >= 11 is 1.68. The SMILES string of the molecule is CC(C)c1ccc(S(=O)(=O)N2CCN(C(=O)[C@H]3CS[C@@]4(C)CCC(=O)N34)CC2)cc1. The molecule has 7 nitrogen and oxygen atoms in total. The molecule has 0 radical (unpaired) electrons. The summed E-state index contributed by atoms with van der Waals surface area (Å²) in [6, 6.07) is 6.62. The van der Waals surface area contributed by atoms with Crippen molar-refractivity contribution >= 4 is 33.6 Å². The highest BCUT2D eigenvalue weighted by molar-refractivity contribution is 8.01. The maximum atomic E-state index is 13.1. The van der Waals surface area contributed by atoms with Gasteiger partial charge in [-0.2, -0.15) is 4.31 Å². The molecule has 3 saturated heterocycles. The second-order valence-electron chi connectivity index (χ2n) is 8.72. The number of sulfonamides is 1. The van der Waals surface area contributed by atoms with Crippen molar-refractivity contribution in [2.45, 2.75) is 55.3 Å². The van der Waals surface area contributed by atoms with Crippen LogP contribution in [0.1, 0.15) is 45.1 Å². The quantitative estimate of drug-likeness (QED) is 0.701. The van der Waals surface area contributed by atoms with Crippen molar-refractivity contribution < 1.29 is 18.0 Å². The first-order valence-electron chi connectivity index (χ1n) is 10.5. The van der Waals surface area contributed by atoms with Gasteiger partial charge >= 0.3 is 0 Å². The van der Waals surface area contributed by atoms with E-state index in [1.54, 1.807) is 33.7 Å². The summed E-state index contributed by atoms with van der Waals surface area (Å²) in [7, 11) is -3.58. The van der Waals surface area contributed by atoms with Gasteiger partial charge in [0.25, 0.3) is 0 Å². The van der Waals surface area contributed by atoms with Crippen LogP contribution in [0.3, 0.4) is 0 Å². The minimum atomic E-state index is -3.58. The average molecular weight is 452 g/mol. The molecule has 4 rings (SSSR count). The van der Waals surface area contributed by atoms with Gasteiger partial charge in [0, 0.05) is 38.4 Å². The van der Waals surface area contributed by atoms with E-state index >= 15 is 0 Å². The van der Waals surface area contributed by atoms with Gasteiger partial charge in [0.05, 0.1) is 9.77 Å². The molecule has 0 spiro atoms. The van der Waals surface area contributed by atoms with Crippen molar-refractivity contribution in [2.24, 2.45) is 0 Å². The summed E-state index contributed by atoms with van der Waals surface area (Å²) in [6.45, 7) is 7.41. The van der Waals surface area contributed by atoms with Crippen molar-refractivity contribution in [3.8, 4) is 0 Å². The van der Waals surface area contributed by atoms with Crippen LogP contribution in [-0.2, 0) is 19.6 Å². The Bertz CT molecular complexity index is 940. The monoisotopic (exact) mass is 451 g/mol. The zero-order valence-corrected chi connectivity index (χ0v) is 19.3. The van der Waals surface area contributed by atoms with E-state index in [-0.39, 0.29) is 34.7 Å². The van der Waals surface area contributed by atoms with E-state index in [0.717, 1.165) is 12.0 Å². The average Bonchev–Trinajstić information content (AvgIpc) is 3.23. The maximum Gasteiger partial charge on any atom is 0.246 e. The Kier molecular flexibility index (Phi) is 5.65. The van der Waals surface area contributed by atoms with Gasteiger partial charge in [-0.15, -0.1) is 11.8 Å². The molecule has 3 aliphatic rings. The summed E-state index contributed by atoms with van der Waals surface area (Å²) in [5, 5.41) is 0. The van der Waals surface area contributed by atoms with Gasteiger partial charge in [-0.1, -0.05) is 26.0 Å². The molecular formula is C21H29N3O4S2. The fourth-order valence-corrected chi connectivity index (χ4v) is 7.38. The number of carbonyl (C=O) groups is 2. The highest BCUT2D eigenvalue weighted by Gasteiger charge is 2.53. The fraction of sp³-hybridized carbons (Fsp3) is 0.619. The third kappa shape index (κ3) is 3.65. The maximum absolute atomic E-state index is 13.1. The molecule has 3 fully saturated rings. The zero-order chi connectivity index (χ0) is 21.7. The number of benzene rings is 1. The molecule has 0 aromatic heterocycles. The predicted octanol–water partition coefficient (Wildman–Crippen LogP) is 2.10. The van der Waals surface area contributed by atoms with Gasteiger partial charge < -0.3 is 9.80 Å². The molecule has 9 heteroatoms. The molecule has 2 atom stereocenters. The Hall–Kier alpha value is -1.58.